The molecule has 1 rings (SSSR count). The Kier molecular flexibility index (Phi) is 5.02. The fourth-order valence-corrected chi connectivity index (χ4v) is 1.06. The molecule has 1 amide bonds. The van der Waals surface area contributed by atoms with Gasteiger partial charge in [-0.25, -0.2) is 0 Å². The van der Waals surface area contributed by atoms with Crippen molar-refractivity contribution in [1.29, 1.82) is 0 Å². The van der Waals surface area contributed by atoms with Crippen LogP contribution in [0.15, 0.2) is 4.52 Å². The van der Waals surface area contributed by atoms with Crippen molar-refractivity contribution in [1.82, 2.24) is 20.8 Å². The van der Waals surface area contributed by atoms with Gasteiger partial charge in [0, 0.05) is 13.0 Å². The second-order valence-corrected chi connectivity index (χ2v) is 3.14. The van der Waals surface area contributed by atoms with E-state index in [4.69, 9.17) is 10.9 Å². The van der Waals surface area contributed by atoms with Crippen LogP contribution < -0.4 is 10.6 Å². The van der Waals surface area contributed by atoms with E-state index < -0.39 is 0 Å². The average molecular weight is 222 g/mol. The summed E-state index contributed by atoms with van der Waals surface area (Å²) < 4.78 is 4.89. The number of hydrogen-bond acceptors (Lipinski definition) is 5. The van der Waals surface area contributed by atoms with E-state index in [0.29, 0.717) is 31.2 Å². The number of nitrogens with one attached hydrogen (secondary N) is 2. The van der Waals surface area contributed by atoms with E-state index in [2.05, 4.69) is 26.7 Å². The van der Waals surface area contributed by atoms with E-state index in [1.165, 1.54) is 0 Å². The van der Waals surface area contributed by atoms with Gasteiger partial charge in [0.25, 0.3) is 0 Å². The molecular formula is C10H14N4O2. The summed E-state index contributed by atoms with van der Waals surface area (Å²) in [5, 5.41) is 9.13. The molecule has 16 heavy (non-hydrogen) atoms. The number of rotatable bonds is 6. The molecule has 0 radical (unpaired) electrons. The van der Waals surface area contributed by atoms with Gasteiger partial charge in [0.1, 0.15) is 0 Å². The summed E-state index contributed by atoms with van der Waals surface area (Å²) in [5.74, 6) is 3.40. The van der Waals surface area contributed by atoms with Gasteiger partial charge in [-0.05, 0) is 6.92 Å². The SMILES string of the molecule is C#CCNCC(=O)NCCc1nc(C)no1. The Balaban J connectivity index is 2.11. The molecule has 0 atom stereocenters. The van der Waals surface area contributed by atoms with Crippen LogP contribution in [0, 0.1) is 19.3 Å². The maximum atomic E-state index is 11.2. The van der Waals surface area contributed by atoms with Crippen LogP contribution in [0.2, 0.25) is 0 Å². The van der Waals surface area contributed by atoms with Crippen molar-refractivity contribution < 1.29 is 9.32 Å². The monoisotopic (exact) mass is 222 g/mol. The Bertz CT molecular complexity index is 380. The zero-order valence-corrected chi connectivity index (χ0v) is 9.12. The highest BCUT2D eigenvalue weighted by atomic mass is 16.5. The third kappa shape index (κ3) is 4.57. The van der Waals surface area contributed by atoms with Gasteiger partial charge in [-0.2, -0.15) is 4.98 Å². The lowest BCUT2D eigenvalue weighted by Crippen LogP contribution is -2.35. The first-order valence-corrected chi connectivity index (χ1v) is 4.92. The summed E-state index contributed by atoms with van der Waals surface area (Å²) in [6.07, 6.45) is 5.55. The maximum Gasteiger partial charge on any atom is 0.233 e. The number of nitrogens with zero attached hydrogens (tertiary/aromatic N) is 2. The standard InChI is InChI=1S/C10H14N4O2/c1-3-5-11-7-9(15)12-6-4-10-13-8(2)14-16-10/h1,11H,4-7H2,2H3,(H,12,15). The molecule has 0 aromatic carbocycles. The Morgan fingerprint density at radius 3 is 3.06 bits per heavy atom. The fourth-order valence-electron chi connectivity index (χ4n) is 1.06. The third-order valence-corrected chi connectivity index (χ3v) is 1.74. The minimum Gasteiger partial charge on any atom is -0.354 e. The van der Waals surface area contributed by atoms with Crippen LogP contribution >= 0.6 is 0 Å². The molecule has 86 valence electrons. The van der Waals surface area contributed by atoms with E-state index in [1.807, 2.05) is 0 Å². The number of carbonyl (C=O) groups is 1. The summed E-state index contributed by atoms with van der Waals surface area (Å²) in [4.78, 5) is 15.2. The maximum absolute atomic E-state index is 11.2. The van der Waals surface area contributed by atoms with Gasteiger partial charge in [-0.15, -0.1) is 6.42 Å². The highest BCUT2D eigenvalue weighted by Gasteiger charge is 2.03. The first kappa shape index (κ1) is 12.2. The fraction of sp³-hybridized carbons (Fsp3) is 0.500. The Hall–Kier alpha value is -1.87. The Morgan fingerprint density at radius 1 is 1.62 bits per heavy atom. The lowest BCUT2D eigenvalue weighted by Gasteiger charge is -2.02. The van der Waals surface area contributed by atoms with Crippen molar-refractivity contribution in [2.45, 2.75) is 13.3 Å². The number of carbonyl (C=O) groups excluding carboxylic acids is 1. The second-order valence-electron chi connectivity index (χ2n) is 3.14. The molecule has 2 N–H and O–H groups in total. The molecule has 6 heteroatoms. The minimum absolute atomic E-state index is 0.105. The molecule has 0 aliphatic rings. The first-order chi connectivity index (χ1) is 7.72. The smallest absolute Gasteiger partial charge is 0.233 e. The lowest BCUT2D eigenvalue weighted by atomic mass is 10.4. The first-order valence-electron chi connectivity index (χ1n) is 4.92. The molecule has 6 nitrogen and oxygen atoms in total. The summed E-state index contributed by atoms with van der Waals surface area (Å²) in [6, 6.07) is 0. The number of aromatic nitrogens is 2. The molecular weight excluding hydrogens is 208 g/mol. The van der Waals surface area contributed by atoms with E-state index in [9.17, 15) is 4.79 Å². The summed E-state index contributed by atoms with van der Waals surface area (Å²) in [6.45, 7) is 2.82. The van der Waals surface area contributed by atoms with Gasteiger partial charge in [-0.1, -0.05) is 11.1 Å². The highest BCUT2D eigenvalue weighted by molar-refractivity contribution is 5.77. The molecule has 0 saturated carbocycles. The quantitative estimate of drug-likeness (QED) is 0.489. The predicted molar refractivity (Wildman–Crippen MR) is 57.5 cm³/mol. The van der Waals surface area contributed by atoms with Crippen molar-refractivity contribution in [2.24, 2.45) is 0 Å². The van der Waals surface area contributed by atoms with Gasteiger partial charge in [0.05, 0.1) is 13.1 Å². The lowest BCUT2D eigenvalue weighted by molar-refractivity contribution is -0.120. The number of amides is 1. The topological polar surface area (TPSA) is 80.0 Å². The molecule has 0 bridgehead atoms. The minimum atomic E-state index is -0.105. The van der Waals surface area contributed by atoms with Crippen LogP contribution in [0.25, 0.3) is 0 Å². The van der Waals surface area contributed by atoms with Crippen molar-refractivity contribution >= 4 is 5.91 Å². The van der Waals surface area contributed by atoms with Gasteiger partial charge >= 0.3 is 0 Å². The van der Waals surface area contributed by atoms with Gasteiger partial charge in [-0.3, -0.25) is 10.1 Å². The van der Waals surface area contributed by atoms with Crippen LogP contribution in [0.1, 0.15) is 11.7 Å². The molecule has 0 saturated heterocycles. The molecule has 0 fully saturated rings. The van der Waals surface area contributed by atoms with Crippen LogP contribution in [0.3, 0.4) is 0 Å². The molecule has 0 unspecified atom stereocenters. The molecule has 1 heterocycles. The molecule has 0 aliphatic heterocycles. The third-order valence-electron chi connectivity index (χ3n) is 1.74. The molecule has 1 aromatic rings. The van der Waals surface area contributed by atoms with E-state index >= 15 is 0 Å². The number of terminal acetylenes is 1. The average Bonchev–Trinajstić information content (AvgIpc) is 2.65. The van der Waals surface area contributed by atoms with E-state index in [0.717, 1.165) is 0 Å². The van der Waals surface area contributed by atoms with E-state index in [-0.39, 0.29) is 12.5 Å². The zero-order chi connectivity index (χ0) is 11.8. The van der Waals surface area contributed by atoms with Crippen molar-refractivity contribution in [3.63, 3.8) is 0 Å². The van der Waals surface area contributed by atoms with Crippen LogP contribution in [-0.4, -0.2) is 35.7 Å². The molecule has 0 spiro atoms. The number of hydrogen-bond donors (Lipinski definition) is 2. The summed E-state index contributed by atoms with van der Waals surface area (Å²) in [7, 11) is 0. The predicted octanol–water partition coefficient (Wildman–Crippen LogP) is -0.740. The van der Waals surface area contributed by atoms with Crippen molar-refractivity contribution in [2.75, 3.05) is 19.6 Å². The van der Waals surface area contributed by atoms with Gasteiger partial charge in [0.15, 0.2) is 5.82 Å². The Morgan fingerprint density at radius 2 is 2.44 bits per heavy atom. The summed E-state index contributed by atoms with van der Waals surface area (Å²) >= 11 is 0. The largest absolute Gasteiger partial charge is 0.354 e. The highest BCUT2D eigenvalue weighted by Crippen LogP contribution is 1.95. The molecule has 0 aliphatic carbocycles. The molecule has 1 aromatic heterocycles. The van der Waals surface area contributed by atoms with Crippen LogP contribution in [0.4, 0.5) is 0 Å². The van der Waals surface area contributed by atoms with Gasteiger partial charge in [0.2, 0.25) is 11.8 Å². The zero-order valence-electron chi connectivity index (χ0n) is 9.12. The van der Waals surface area contributed by atoms with E-state index in [1.54, 1.807) is 6.92 Å². The number of aryl methyl sites for hydroxylation is 1. The van der Waals surface area contributed by atoms with Crippen LogP contribution in [-0.2, 0) is 11.2 Å². The normalized spacial score (nSPS) is 9.75. The second kappa shape index (κ2) is 6.58. The Labute approximate surface area is 93.8 Å². The van der Waals surface area contributed by atoms with Crippen molar-refractivity contribution in [3.05, 3.63) is 11.7 Å². The van der Waals surface area contributed by atoms with Gasteiger partial charge < -0.3 is 9.84 Å². The van der Waals surface area contributed by atoms with Crippen LogP contribution in [0.5, 0.6) is 0 Å². The van der Waals surface area contributed by atoms with Crippen molar-refractivity contribution in [3.8, 4) is 12.3 Å². The summed E-state index contributed by atoms with van der Waals surface area (Å²) in [5.41, 5.74) is 0.